The highest BCUT2D eigenvalue weighted by Gasteiger charge is 2.42. The first-order chi connectivity index (χ1) is 26.5. The van der Waals surface area contributed by atoms with Gasteiger partial charge in [-0.1, -0.05) is 128 Å². The van der Waals surface area contributed by atoms with Crippen molar-refractivity contribution in [2.45, 2.75) is 19.3 Å². The molecule has 0 fully saturated rings. The lowest BCUT2D eigenvalue weighted by Crippen LogP contribution is -2.23. The van der Waals surface area contributed by atoms with Gasteiger partial charge in [0.25, 0.3) is 0 Å². The Labute approximate surface area is 314 Å². The maximum Gasteiger partial charge on any atom is 0.139 e. The topological polar surface area (TPSA) is 29.5 Å². The quantitative estimate of drug-likeness (QED) is 0.155. The minimum Gasteiger partial charge on any atom is -0.456 e. The fraction of sp³-hybridized carbons (Fsp3) is 0.0588. The van der Waals surface area contributed by atoms with Crippen LogP contribution >= 0.6 is 0 Å². The molecule has 10 rings (SSSR count). The van der Waals surface area contributed by atoms with Crippen molar-refractivity contribution in [2.24, 2.45) is 0 Å². The van der Waals surface area contributed by atoms with Gasteiger partial charge in [0, 0.05) is 55.7 Å². The van der Waals surface area contributed by atoms with Crippen LogP contribution in [0.15, 0.2) is 197 Å². The van der Waals surface area contributed by atoms with E-state index in [1.807, 2.05) is 24.3 Å². The van der Waals surface area contributed by atoms with Gasteiger partial charge in [0.15, 0.2) is 0 Å². The molecule has 3 heteroatoms. The number of hydrogen-bond donors (Lipinski definition) is 0. The van der Waals surface area contributed by atoms with E-state index in [0.29, 0.717) is 0 Å². The number of rotatable bonds is 7. The molecule has 7 aromatic carbocycles. The molecule has 1 unspecified atom stereocenters. The number of anilines is 3. The second kappa shape index (κ2) is 12.4. The maximum absolute atomic E-state index is 7.01. The Kier molecular flexibility index (Phi) is 7.31. The summed E-state index contributed by atoms with van der Waals surface area (Å²) in [6.45, 7) is 8.52. The number of allylic oxidation sites excluding steroid dienone is 5. The molecule has 1 aliphatic carbocycles. The van der Waals surface area contributed by atoms with E-state index in [2.05, 4.69) is 177 Å². The molecule has 1 atom stereocenters. The third-order valence-corrected chi connectivity index (χ3v) is 11.3. The van der Waals surface area contributed by atoms with E-state index in [9.17, 15) is 0 Å². The SMILES string of the molecule is C=C/C=C\C1=C(C)c2ccccc2C1(C)c1cccc2c1oc1cc(N(c3ccc(-c4ccccc4)cc3)c3ccc4oc5ccccc5c4c3)ccc12. The van der Waals surface area contributed by atoms with Gasteiger partial charge in [-0.25, -0.2) is 0 Å². The molecule has 1 aliphatic rings. The zero-order valence-electron chi connectivity index (χ0n) is 30.2. The highest BCUT2D eigenvalue weighted by Crippen LogP contribution is 2.53. The second-order valence-corrected chi connectivity index (χ2v) is 14.3. The molecule has 0 aliphatic heterocycles. The standard InChI is InChI=1S/C51H37NO2/c1-4-5-19-44-33(2)39-16-9-11-20-45(39)51(44,3)46-21-13-18-42-41-29-27-38(32-49(41)54-50(42)46)52(36-25-23-35(24-26-36)34-14-7-6-8-15-34)37-28-30-48-43(31-37)40-17-10-12-22-47(40)53-48/h4-32H,1H2,2-3H3/b19-5-. The number of benzene rings is 7. The molecule has 0 saturated heterocycles. The molecule has 3 nitrogen and oxygen atoms in total. The molecule has 0 amide bonds. The van der Waals surface area contributed by atoms with Crippen LogP contribution in [0.5, 0.6) is 0 Å². The summed E-state index contributed by atoms with van der Waals surface area (Å²) >= 11 is 0. The second-order valence-electron chi connectivity index (χ2n) is 14.3. The van der Waals surface area contributed by atoms with Crippen LogP contribution in [0.4, 0.5) is 17.1 Å². The molecule has 0 bridgehead atoms. The highest BCUT2D eigenvalue weighted by molar-refractivity contribution is 6.09. The molecule has 54 heavy (non-hydrogen) atoms. The number of furan rings is 2. The van der Waals surface area contributed by atoms with E-state index in [4.69, 9.17) is 8.83 Å². The van der Waals surface area contributed by atoms with Crippen LogP contribution < -0.4 is 4.90 Å². The smallest absolute Gasteiger partial charge is 0.139 e. The Morgan fingerprint density at radius 2 is 1.19 bits per heavy atom. The van der Waals surface area contributed by atoms with E-state index in [1.54, 1.807) is 0 Å². The Morgan fingerprint density at radius 3 is 2.04 bits per heavy atom. The van der Waals surface area contributed by atoms with Crippen molar-refractivity contribution in [2.75, 3.05) is 4.90 Å². The van der Waals surface area contributed by atoms with E-state index in [0.717, 1.165) is 66.5 Å². The normalized spacial score (nSPS) is 15.6. The highest BCUT2D eigenvalue weighted by atomic mass is 16.3. The van der Waals surface area contributed by atoms with Gasteiger partial charge in [-0.3, -0.25) is 0 Å². The Morgan fingerprint density at radius 1 is 0.537 bits per heavy atom. The zero-order valence-corrected chi connectivity index (χ0v) is 30.2. The van der Waals surface area contributed by atoms with Gasteiger partial charge < -0.3 is 13.7 Å². The fourth-order valence-corrected chi connectivity index (χ4v) is 8.71. The summed E-state index contributed by atoms with van der Waals surface area (Å²) in [5, 5.41) is 4.38. The van der Waals surface area contributed by atoms with Gasteiger partial charge >= 0.3 is 0 Å². The predicted molar refractivity (Wildman–Crippen MR) is 226 cm³/mol. The molecule has 2 heterocycles. The number of nitrogens with zero attached hydrogens (tertiary/aromatic N) is 1. The first-order valence-electron chi connectivity index (χ1n) is 18.5. The number of hydrogen-bond acceptors (Lipinski definition) is 3. The first kappa shape index (κ1) is 31.9. The van der Waals surface area contributed by atoms with Crippen LogP contribution in [0.1, 0.15) is 30.5 Å². The van der Waals surface area contributed by atoms with E-state index in [-0.39, 0.29) is 0 Å². The van der Waals surface area contributed by atoms with Crippen molar-refractivity contribution in [1.29, 1.82) is 0 Å². The molecule has 9 aromatic rings. The molecule has 258 valence electrons. The third kappa shape index (κ3) is 4.82. The lowest BCUT2D eigenvalue weighted by molar-refractivity contribution is 0.636. The van der Waals surface area contributed by atoms with E-state index in [1.165, 1.54) is 33.4 Å². The predicted octanol–water partition coefficient (Wildman–Crippen LogP) is 14.5. The van der Waals surface area contributed by atoms with Gasteiger partial charge in [0.1, 0.15) is 22.3 Å². The van der Waals surface area contributed by atoms with Crippen LogP contribution in [0.3, 0.4) is 0 Å². The number of fused-ring (bicyclic) bond motifs is 7. The van der Waals surface area contributed by atoms with Gasteiger partial charge in [0.05, 0.1) is 0 Å². The summed E-state index contributed by atoms with van der Waals surface area (Å²) in [6, 6.07) is 55.9. The summed E-state index contributed by atoms with van der Waals surface area (Å²) in [7, 11) is 0. The summed E-state index contributed by atoms with van der Waals surface area (Å²) < 4.78 is 13.2. The van der Waals surface area contributed by atoms with Gasteiger partial charge in [-0.05, 0) is 95.8 Å². The van der Waals surface area contributed by atoms with Crippen LogP contribution in [0.25, 0.3) is 60.6 Å². The lowest BCUT2D eigenvalue weighted by Gasteiger charge is -2.29. The summed E-state index contributed by atoms with van der Waals surface area (Å²) in [6.07, 6.45) is 6.10. The Bertz CT molecular complexity index is 2980. The number of para-hydroxylation sites is 2. The first-order valence-corrected chi connectivity index (χ1v) is 18.5. The third-order valence-electron chi connectivity index (χ3n) is 11.3. The monoisotopic (exact) mass is 695 g/mol. The minimum atomic E-state index is -0.411. The molecular weight excluding hydrogens is 659 g/mol. The minimum absolute atomic E-state index is 0.411. The van der Waals surface area contributed by atoms with E-state index >= 15 is 0 Å². The van der Waals surface area contributed by atoms with Crippen LogP contribution in [-0.2, 0) is 5.41 Å². The average molecular weight is 696 g/mol. The van der Waals surface area contributed by atoms with Crippen molar-refractivity contribution in [1.82, 2.24) is 0 Å². The van der Waals surface area contributed by atoms with Gasteiger partial charge in [0.2, 0.25) is 0 Å². The molecule has 0 radical (unpaired) electrons. The molecule has 2 aromatic heterocycles. The summed E-state index contributed by atoms with van der Waals surface area (Å²) in [5.74, 6) is 0. The van der Waals surface area contributed by atoms with Crippen molar-refractivity contribution < 1.29 is 8.83 Å². The van der Waals surface area contributed by atoms with Gasteiger partial charge in [-0.2, -0.15) is 0 Å². The van der Waals surface area contributed by atoms with Crippen molar-refractivity contribution in [3.63, 3.8) is 0 Å². The van der Waals surface area contributed by atoms with Crippen LogP contribution in [-0.4, -0.2) is 0 Å². The Balaban J connectivity index is 1.16. The summed E-state index contributed by atoms with van der Waals surface area (Å²) in [4.78, 5) is 2.31. The van der Waals surface area contributed by atoms with Gasteiger partial charge in [-0.15, -0.1) is 0 Å². The van der Waals surface area contributed by atoms with Crippen LogP contribution in [0.2, 0.25) is 0 Å². The average Bonchev–Trinajstić information content (AvgIpc) is 3.85. The van der Waals surface area contributed by atoms with E-state index < -0.39 is 5.41 Å². The maximum atomic E-state index is 7.01. The zero-order chi connectivity index (χ0) is 36.4. The lowest BCUT2D eigenvalue weighted by atomic mass is 9.72. The molecule has 0 N–H and O–H groups in total. The largest absolute Gasteiger partial charge is 0.456 e. The summed E-state index contributed by atoms with van der Waals surface area (Å²) in [5.41, 5.74) is 14.8. The Hall–Kier alpha value is -6.84. The van der Waals surface area contributed by atoms with Crippen molar-refractivity contribution in [3.8, 4) is 11.1 Å². The van der Waals surface area contributed by atoms with Crippen molar-refractivity contribution in [3.05, 3.63) is 205 Å². The van der Waals surface area contributed by atoms with Crippen molar-refractivity contribution >= 4 is 66.5 Å². The fourth-order valence-electron chi connectivity index (χ4n) is 8.71. The molecule has 0 spiro atoms. The van der Waals surface area contributed by atoms with Crippen LogP contribution in [0, 0.1) is 0 Å². The molecule has 0 saturated carbocycles. The molecular formula is C51H37NO2.